The van der Waals surface area contributed by atoms with E-state index in [4.69, 9.17) is 5.73 Å². The number of piperidine rings is 1. The molecule has 19 heavy (non-hydrogen) atoms. The number of carbonyl (C=O) groups is 1. The van der Waals surface area contributed by atoms with Crippen molar-refractivity contribution in [2.24, 2.45) is 5.73 Å². The van der Waals surface area contributed by atoms with Gasteiger partial charge in [0.05, 0.1) is 12.2 Å². The van der Waals surface area contributed by atoms with Crippen LogP contribution in [-0.4, -0.2) is 36.5 Å². The molecule has 0 radical (unpaired) electrons. The molecule has 1 fully saturated rings. The van der Waals surface area contributed by atoms with Crippen LogP contribution in [0.4, 0.5) is 5.69 Å². The van der Waals surface area contributed by atoms with Crippen LogP contribution in [0.3, 0.4) is 0 Å². The van der Waals surface area contributed by atoms with Crippen LogP contribution < -0.4 is 11.1 Å². The molecule has 4 nitrogen and oxygen atoms in total. The molecule has 1 amide bonds. The van der Waals surface area contributed by atoms with E-state index >= 15 is 0 Å². The Morgan fingerprint density at radius 3 is 2.74 bits per heavy atom. The van der Waals surface area contributed by atoms with Crippen molar-refractivity contribution in [1.82, 2.24) is 4.90 Å². The highest BCUT2D eigenvalue weighted by Gasteiger charge is 2.18. The van der Waals surface area contributed by atoms with Crippen molar-refractivity contribution >= 4 is 43.5 Å². The number of nitrogens with one attached hydrogen (secondary N) is 1. The predicted octanol–water partition coefficient (Wildman–Crippen LogP) is 2.57. The Bertz CT molecular complexity index is 459. The second-order valence-electron chi connectivity index (χ2n) is 4.79. The molecule has 2 rings (SSSR count). The monoisotopic (exact) mass is 389 g/mol. The van der Waals surface area contributed by atoms with Gasteiger partial charge in [-0.25, -0.2) is 0 Å². The topological polar surface area (TPSA) is 58.4 Å². The number of hydrogen-bond acceptors (Lipinski definition) is 3. The maximum atomic E-state index is 12.0. The largest absolute Gasteiger partial charge is 0.328 e. The van der Waals surface area contributed by atoms with E-state index in [9.17, 15) is 4.79 Å². The van der Waals surface area contributed by atoms with Gasteiger partial charge in [0.1, 0.15) is 0 Å². The van der Waals surface area contributed by atoms with E-state index < -0.39 is 0 Å². The highest BCUT2D eigenvalue weighted by Crippen LogP contribution is 2.26. The molecule has 1 aromatic rings. The molecule has 1 aliphatic rings. The Kier molecular flexibility index (Phi) is 5.38. The number of nitrogens with two attached hydrogens (primary N) is 1. The number of benzene rings is 1. The highest BCUT2D eigenvalue weighted by molar-refractivity contribution is 9.11. The Labute approximate surface area is 130 Å². The van der Waals surface area contributed by atoms with Gasteiger partial charge < -0.3 is 11.1 Å². The molecular weight excluding hydrogens is 374 g/mol. The quantitative estimate of drug-likeness (QED) is 0.833. The van der Waals surface area contributed by atoms with Crippen molar-refractivity contribution in [3.05, 3.63) is 27.1 Å². The van der Waals surface area contributed by atoms with Crippen molar-refractivity contribution in [3.8, 4) is 0 Å². The predicted molar refractivity (Wildman–Crippen MR) is 84.1 cm³/mol. The fourth-order valence-electron chi connectivity index (χ4n) is 2.10. The van der Waals surface area contributed by atoms with Crippen LogP contribution in [-0.2, 0) is 4.79 Å². The van der Waals surface area contributed by atoms with E-state index in [0.29, 0.717) is 12.6 Å². The van der Waals surface area contributed by atoms with Crippen LogP contribution in [0.5, 0.6) is 0 Å². The number of nitrogens with zero attached hydrogens (tertiary/aromatic N) is 1. The molecule has 0 bridgehead atoms. The van der Waals surface area contributed by atoms with Crippen molar-refractivity contribution in [2.45, 2.75) is 18.9 Å². The van der Waals surface area contributed by atoms with Crippen LogP contribution in [0.1, 0.15) is 12.8 Å². The Morgan fingerprint density at radius 2 is 2.05 bits per heavy atom. The standard InChI is InChI=1S/C13H17Br2N3O/c14-9-1-2-11(15)12(7-9)17-13(19)8-18-5-3-10(16)4-6-18/h1-2,7,10H,3-6,8,16H2,(H,17,19). The summed E-state index contributed by atoms with van der Waals surface area (Å²) in [7, 11) is 0. The van der Waals surface area contributed by atoms with Gasteiger partial charge in [-0.3, -0.25) is 9.69 Å². The third kappa shape index (κ3) is 4.56. The van der Waals surface area contributed by atoms with E-state index in [2.05, 4.69) is 42.1 Å². The van der Waals surface area contributed by atoms with Gasteiger partial charge in [0.15, 0.2) is 0 Å². The zero-order chi connectivity index (χ0) is 13.8. The smallest absolute Gasteiger partial charge is 0.238 e. The maximum Gasteiger partial charge on any atom is 0.238 e. The van der Waals surface area contributed by atoms with Gasteiger partial charge in [-0.15, -0.1) is 0 Å². The molecule has 1 saturated heterocycles. The van der Waals surface area contributed by atoms with Crippen molar-refractivity contribution in [1.29, 1.82) is 0 Å². The average molecular weight is 391 g/mol. The molecular formula is C13H17Br2N3O. The summed E-state index contributed by atoms with van der Waals surface area (Å²) in [5, 5.41) is 2.92. The molecule has 0 atom stereocenters. The lowest BCUT2D eigenvalue weighted by molar-refractivity contribution is -0.117. The molecule has 0 spiro atoms. The highest BCUT2D eigenvalue weighted by atomic mass is 79.9. The molecule has 0 unspecified atom stereocenters. The van der Waals surface area contributed by atoms with Gasteiger partial charge in [-0.05, 0) is 47.0 Å². The SMILES string of the molecule is NC1CCN(CC(=O)Nc2cc(Br)ccc2Br)CC1. The van der Waals surface area contributed by atoms with Crippen LogP contribution >= 0.6 is 31.9 Å². The Morgan fingerprint density at radius 1 is 1.37 bits per heavy atom. The molecule has 1 aliphatic heterocycles. The van der Waals surface area contributed by atoms with Crippen LogP contribution in [0.15, 0.2) is 27.1 Å². The van der Waals surface area contributed by atoms with Gasteiger partial charge in [0, 0.05) is 28.1 Å². The molecule has 104 valence electrons. The molecule has 1 aromatic carbocycles. The third-order valence-electron chi connectivity index (χ3n) is 3.20. The summed E-state index contributed by atoms with van der Waals surface area (Å²) in [5.74, 6) is 0.00858. The minimum atomic E-state index is 0.00858. The number of carbonyl (C=O) groups excluding carboxylic acids is 1. The number of rotatable bonds is 3. The fraction of sp³-hybridized carbons (Fsp3) is 0.462. The fourth-order valence-corrected chi connectivity index (χ4v) is 2.80. The summed E-state index contributed by atoms with van der Waals surface area (Å²) >= 11 is 6.82. The van der Waals surface area contributed by atoms with Gasteiger partial charge >= 0.3 is 0 Å². The number of amides is 1. The van der Waals surface area contributed by atoms with Gasteiger partial charge in [-0.2, -0.15) is 0 Å². The minimum absolute atomic E-state index is 0.00858. The first-order valence-corrected chi connectivity index (χ1v) is 7.86. The first kappa shape index (κ1) is 15.0. The molecule has 0 aliphatic carbocycles. The first-order valence-electron chi connectivity index (χ1n) is 6.27. The average Bonchev–Trinajstić information content (AvgIpc) is 2.37. The summed E-state index contributed by atoms with van der Waals surface area (Å²) in [6.45, 7) is 2.22. The summed E-state index contributed by atoms with van der Waals surface area (Å²) in [4.78, 5) is 14.1. The Balaban J connectivity index is 1.89. The Hall–Kier alpha value is -0.430. The van der Waals surface area contributed by atoms with Crippen LogP contribution in [0.25, 0.3) is 0 Å². The second kappa shape index (κ2) is 6.83. The van der Waals surface area contributed by atoms with Gasteiger partial charge in [0.2, 0.25) is 5.91 Å². The van der Waals surface area contributed by atoms with Crippen LogP contribution in [0.2, 0.25) is 0 Å². The van der Waals surface area contributed by atoms with Crippen molar-refractivity contribution in [3.63, 3.8) is 0 Å². The van der Waals surface area contributed by atoms with E-state index in [0.717, 1.165) is 40.6 Å². The summed E-state index contributed by atoms with van der Waals surface area (Å²) < 4.78 is 1.82. The zero-order valence-corrected chi connectivity index (χ0v) is 13.7. The molecule has 3 N–H and O–H groups in total. The molecule has 0 saturated carbocycles. The lowest BCUT2D eigenvalue weighted by atomic mass is 10.1. The second-order valence-corrected chi connectivity index (χ2v) is 6.56. The summed E-state index contributed by atoms with van der Waals surface area (Å²) in [6.07, 6.45) is 1.93. The number of anilines is 1. The summed E-state index contributed by atoms with van der Waals surface area (Å²) in [5.41, 5.74) is 6.63. The lowest BCUT2D eigenvalue weighted by Crippen LogP contribution is -2.43. The van der Waals surface area contributed by atoms with Crippen molar-refractivity contribution in [2.75, 3.05) is 25.0 Å². The zero-order valence-electron chi connectivity index (χ0n) is 10.5. The first-order chi connectivity index (χ1) is 9.04. The van der Waals surface area contributed by atoms with E-state index in [1.165, 1.54) is 0 Å². The van der Waals surface area contributed by atoms with E-state index in [1.54, 1.807) is 0 Å². The van der Waals surface area contributed by atoms with Gasteiger partial charge in [0.25, 0.3) is 0 Å². The molecule has 6 heteroatoms. The number of hydrogen-bond donors (Lipinski definition) is 2. The van der Waals surface area contributed by atoms with Gasteiger partial charge in [-0.1, -0.05) is 15.9 Å². The number of likely N-dealkylation sites (tertiary alicyclic amines) is 1. The van der Waals surface area contributed by atoms with Crippen molar-refractivity contribution < 1.29 is 4.79 Å². The van der Waals surface area contributed by atoms with Crippen LogP contribution in [0, 0.1) is 0 Å². The maximum absolute atomic E-state index is 12.0. The molecule has 0 aromatic heterocycles. The van der Waals surface area contributed by atoms with E-state index in [-0.39, 0.29) is 5.91 Å². The minimum Gasteiger partial charge on any atom is -0.328 e. The number of halogens is 2. The normalized spacial score (nSPS) is 17.4. The molecule has 1 heterocycles. The third-order valence-corrected chi connectivity index (χ3v) is 4.39. The lowest BCUT2D eigenvalue weighted by Gasteiger charge is -2.29. The van der Waals surface area contributed by atoms with E-state index in [1.807, 2.05) is 18.2 Å². The summed E-state index contributed by atoms with van der Waals surface area (Å²) in [6, 6.07) is 6.00.